The molecule has 0 aliphatic carbocycles. The molecule has 1 saturated heterocycles. The molecule has 1 fully saturated rings. The highest BCUT2D eigenvalue weighted by molar-refractivity contribution is 7.98. The highest BCUT2D eigenvalue weighted by Crippen LogP contribution is 2.24. The summed E-state index contributed by atoms with van der Waals surface area (Å²) in [7, 11) is 0. The van der Waals surface area contributed by atoms with Crippen molar-refractivity contribution in [3.8, 4) is 5.75 Å². The highest BCUT2D eigenvalue weighted by Gasteiger charge is 2.14. The first-order valence-corrected chi connectivity index (χ1v) is 6.57. The molecule has 1 aromatic rings. The van der Waals surface area contributed by atoms with Crippen LogP contribution in [0.3, 0.4) is 0 Å². The van der Waals surface area contributed by atoms with Gasteiger partial charge in [-0.3, -0.25) is 0 Å². The van der Waals surface area contributed by atoms with Crippen LogP contribution in [0.4, 0.5) is 0 Å². The predicted octanol–water partition coefficient (Wildman–Crippen LogP) is 2.23. The van der Waals surface area contributed by atoms with Crippen LogP contribution in [0, 0.1) is 5.92 Å². The van der Waals surface area contributed by atoms with Crippen LogP contribution in [0.2, 0.25) is 0 Å². The molecular weight excluding hydrogens is 206 g/mol. The van der Waals surface area contributed by atoms with Gasteiger partial charge in [0.15, 0.2) is 0 Å². The normalized spacial score (nSPS) is 20.7. The van der Waals surface area contributed by atoms with E-state index in [1.54, 1.807) is 6.07 Å². The molecule has 0 spiro atoms. The van der Waals surface area contributed by atoms with Crippen molar-refractivity contribution in [3.63, 3.8) is 0 Å². The molecule has 82 valence electrons. The SMILES string of the molecule is Oc1ccccc1CSCC1CCNC1. The lowest BCUT2D eigenvalue weighted by Gasteiger charge is -2.08. The number of hydrogen-bond donors (Lipinski definition) is 2. The van der Waals surface area contributed by atoms with E-state index >= 15 is 0 Å². The molecule has 15 heavy (non-hydrogen) atoms. The Bertz CT molecular complexity index is 310. The summed E-state index contributed by atoms with van der Waals surface area (Å²) in [6, 6.07) is 7.60. The van der Waals surface area contributed by atoms with Gasteiger partial charge in [0, 0.05) is 11.3 Å². The van der Waals surface area contributed by atoms with E-state index < -0.39 is 0 Å². The molecule has 2 nitrogen and oxygen atoms in total. The molecule has 1 aliphatic heterocycles. The third kappa shape index (κ3) is 3.14. The smallest absolute Gasteiger partial charge is 0.119 e. The van der Waals surface area contributed by atoms with Gasteiger partial charge in [-0.05, 0) is 37.2 Å². The number of phenols is 1. The molecule has 1 aromatic carbocycles. The van der Waals surface area contributed by atoms with Crippen LogP contribution < -0.4 is 5.32 Å². The summed E-state index contributed by atoms with van der Waals surface area (Å²) in [6.45, 7) is 2.33. The van der Waals surface area contributed by atoms with Gasteiger partial charge in [-0.2, -0.15) is 11.8 Å². The Balaban J connectivity index is 1.75. The highest BCUT2D eigenvalue weighted by atomic mass is 32.2. The Hall–Kier alpha value is -0.670. The van der Waals surface area contributed by atoms with E-state index in [0.29, 0.717) is 5.75 Å². The molecule has 0 aromatic heterocycles. The van der Waals surface area contributed by atoms with Gasteiger partial charge in [-0.1, -0.05) is 18.2 Å². The van der Waals surface area contributed by atoms with Crippen molar-refractivity contribution in [2.24, 2.45) is 5.92 Å². The van der Waals surface area contributed by atoms with Gasteiger partial charge in [0.25, 0.3) is 0 Å². The number of phenolic OH excluding ortho intramolecular Hbond substituents is 1. The average Bonchev–Trinajstić information content (AvgIpc) is 2.74. The minimum absolute atomic E-state index is 0.426. The first kappa shape index (κ1) is 10.8. The minimum Gasteiger partial charge on any atom is -0.508 e. The third-order valence-electron chi connectivity index (χ3n) is 2.77. The largest absolute Gasteiger partial charge is 0.508 e. The number of rotatable bonds is 4. The summed E-state index contributed by atoms with van der Waals surface area (Å²) in [5.41, 5.74) is 1.05. The molecule has 0 bridgehead atoms. The lowest BCUT2D eigenvalue weighted by atomic mass is 10.2. The summed E-state index contributed by atoms with van der Waals surface area (Å²) < 4.78 is 0. The van der Waals surface area contributed by atoms with Crippen LogP contribution in [-0.2, 0) is 5.75 Å². The Morgan fingerprint density at radius 2 is 2.27 bits per heavy atom. The monoisotopic (exact) mass is 223 g/mol. The molecule has 0 radical (unpaired) electrons. The van der Waals surface area contributed by atoms with E-state index in [1.165, 1.54) is 18.7 Å². The zero-order valence-electron chi connectivity index (χ0n) is 8.78. The first-order chi connectivity index (χ1) is 7.36. The van der Waals surface area contributed by atoms with Gasteiger partial charge in [-0.25, -0.2) is 0 Å². The van der Waals surface area contributed by atoms with Crippen LogP contribution in [0.5, 0.6) is 5.75 Å². The van der Waals surface area contributed by atoms with Crippen molar-refractivity contribution in [1.29, 1.82) is 0 Å². The zero-order valence-corrected chi connectivity index (χ0v) is 9.59. The Labute approximate surface area is 95.1 Å². The molecule has 3 heteroatoms. The van der Waals surface area contributed by atoms with E-state index in [-0.39, 0.29) is 0 Å². The summed E-state index contributed by atoms with van der Waals surface area (Å²) in [5.74, 6) is 3.36. The third-order valence-corrected chi connectivity index (χ3v) is 3.99. The maximum absolute atomic E-state index is 9.58. The van der Waals surface area contributed by atoms with Gasteiger partial charge in [0.2, 0.25) is 0 Å². The van der Waals surface area contributed by atoms with E-state index in [9.17, 15) is 5.11 Å². The number of para-hydroxylation sites is 1. The van der Waals surface area contributed by atoms with Gasteiger partial charge >= 0.3 is 0 Å². The zero-order chi connectivity index (χ0) is 10.5. The summed E-state index contributed by atoms with van der Waals surface area (Å²) >= 11 is 1.92. The van der Waals surface area contributed by atoms with E-state index in [1.807, 2.05) is 30.0 Å². The van der Waals surface area contributed by atoms with Crippen LogP contribution in [0.15, 0.2) is 24.3 Å². The van der Waals surface area contributed by atoms with Crippen molar-refractivity contribution < 1.29 is 5.11 Å². The average molecular weight is 223 g/mol. The molecule has 0 amide bonds. The second kappa shape index (κ2) is 5.42. The van der Waals surface area contributed by atoms with E-state index in [4.69, 9.17) is 0 Å². The number of thioether (sulfide) groups is 1. The maximum Gasteiger partial charge on any atom is 0.119 e. The molecule has 1 atom stereocenters. The summed E-state index contributed by atoms with van der Waals surface area (Å²) in [6.07, 6.45) is 1.30. The van der Waals surface area contributed by atoms with Gasteiger partial charge in [0.1, 0.15) is 5.75 Å². The van der Waals surface area contributed by atoms with Crippen molar-refractivity contribution in [3.05, 3.63) is 29.8 Å². The van der Waals surface area contributed by atoms with Crippen LogP contribution in [0.1, 0.15) is 12.0 Å². The standard InChI is InChI=1S/C12H17NOS/c14-12-4-2-1-3-11(12)9-15-8-10-5-6-13-7-10/h1-4,10,13-14H,5-9H2. The lowest BCUT2D eigenvalue weighted by molar-refractivity contribution is 0.470. The molecule has 0 saturated carbocycles. The quantitative estimate of drug-likeness (QED) is 0.821. The molecule has 2 rings (SSSR count). The van der Waals surface area contributed by atoms with E-state index in [0.717, 1.165) is 23.8 Å². The summed E-state index contributed by atoms with van der Waals surface area (Å²) in [5, 5.41) is 12.9. The molecule has 1 heterocycles. The fraction of sp³-hybridized carbons (Fsp3) is 0.500. The molecular formula is C12H17NOS. The van der Waals surface area contributed by atoms with Gasteiger partial charge in [0.05, 0.1) is 0 Å². The van der Waals surface area contributed by atoms with Crippen LogP contribution in [-0.4, -0.2) is 23.9 Å². The maximum atomic E-state index is 9.58. The Morgan fingerprint density at radius 3 is 3.00 bits per heavy atom. The lowest BCUT2D eigenvalue weighted by Crippen LogP contribution is -2.10. The van der Waals surface area contributed by atoms with Gasteiger partial charge < -0.3 is 10.4 Å². The van der Waals surface area contributed by atoms with E-state index in [2.05, 4.69) is 5.32 Å². The van der Waals surface area contributed by atoms with Crippen LogP contribution >= 0.6 is 11.8 Å². The molecule has 2 N–H and O–H groups in total. The second-order valence-corrected chi connectivity index (χ2v) is 5.03. The first-order valence-electron chi connectivity index (χ1n) is 5.41. The van der Waals surface area contributed by atoms with Crippen molar-refractivity contribution in [2.75, 3.05) is 18.8 Å². The number of benzene rings is 1. The predicted molar refractivity (Wildman–Crippen MR) is 65.2 cm³/mol. The van der Waals surface area contributed by atoms with Crippen molar-refractivity contribution in [2.45, 2.75) is 12.2 Å². The Kier molecular flexibility index (Phi) is 3.92. The van der Waals surface area contributed by atoms with Crippen LogP contribution in [0.25, 0.3) is 0 Å². The minimum atomic E-state index is 0.426. The fourth-order valence-corrected chi connectivity index (χ4v) is 3.02. The molecule has 1 unspecified atom stereocenters. The van der Waals surface area contributed by atoms with Crippen molar-refractivity contribution >= 4 is 11.8 Å². The number of hydrogen-bond acceptors (Lipinski definition) is 3. The number of nitrogens with one attached hydrogen (secondary N) is 1. The topological polar surface area (TPSA) is 32.3 Å². The second-order valence-electron chi connectivity index (χ2n) is 4.00. The number of aromatic hydroxyl groups is 1. The summed E-state index contributed by atoms with van der Waals surface area (Å²) in [4.78, 5) is 0. The van der Waals surface area contributed by atoms with Gasteiger partial charge in [-0.15, -0.1) is 0 Å². The Morgan fingerprint density at radius 1 is 1.40 bits per heavy atom. The molecule has 1 aliphatic rings. The fourth-order valence-electron chi connectivity index (χ4n) is 1.83. The van der Waals surface area contributed by atoms with Crippen molar-refractivity contribution in [1.82, 2.24) is 5.32 Å².